The fourth-order valence-corrected chi connectivity index (χ4v) is 12.4. The van der Waals surface area contributed by atoms with Crippen molar-refractivity contribution in [3.63, 3.8) is 0 Å². The maximum atomic E-state index is 15.5. The first-order valence-corrected chi connectivity index (χ1v) is 20.2. The van der Waals surface area contributed by atoms with Crippen molar-refractivity contribution in [2.45, 2.75) is 94.6 Å². The predicted molar refractivity (Wildman–Crippen MR) is 206 cm³/mol. The minimum absolute atomic E-state index is 0.000411. The number of hydrogen-bond acceptors (Lipinski definition) is 13. The van der Waals surface area contributed by atoms with Crippen LogP contribution in [0, 0.1) is 32.1 Å². The van der Waals surface area contributed by atoms with E-state index in [0.717, 1.165) is 45.3 Å². The quantitative estimate of drug-likeness (QED) is 0.158. The molecule has 7 heterocycles. The minimum Gasteiger partial charge on any atom is -0.504 e. The molecule has 7 atom stereocenters. The summed E-state index contributed by atoms with van der Waals surface area (Å²) in [7, 11) is 1.53. The van der Waals surface area contributed by atoms with Crippen LogP contribution in [0.15, 0.2) is 24.3 Å². The van der Waals surface area contributed by atoms with E-state index < -0.39 is 46.6 Å². The summed E-state index contributed by atoms with van der Waals surface area (Å²) in [4.78, 5) is 32.7. The number of methoxy groups -OCH3 is 1. The van der Waals surface area contributed by atoms with E-state index in [1.807, 2.05) is 32.9 Å². The van der Waals surface area contributed by atoms with Gasteiger partial charge in [0.2, 0.25) is 11.7 Å². The summed E-state index contributed by atoms with van der Waals surface area (Å²) in [5, 5.41) is 31.6. The van der Waals surface area contributed by atoms with Crippen molar-refractivity contribution in [1.29, 1.82) is 5.26 Å². The van der Waals surface area contributed by atoms with Gasteiger partial charge in [0.15, 0.2) is 28.5 Å². The smallest absolute Gasteiger partial charge is 0.335 e. The number of benzene rings is 3. The molecule has 4 aromatic rings. The fourth-order valence-electron chi connectivity index (χ4n) is 10.7. The number of aromatic nitrogens is 1. The van der Waals surface area contributed by atoms with Gasteiger partial charge in [-0.15, -0.1) is 11.8 Å². The predicted octanol–water partition coefficient (Wildman–Crippen LogP) is 5.24. The Balaban J connectivity index is 1.26. The van der Waals surface area contributed by atoms with E-state index in [9.17, 15) is 15.2 Å². The molecule has 1 aromatic heterocycles. The van der Waals surface area contributed by atoms with E-state index in [1.54, 1.807) is 0 Å². The van der Waals surface area contributed by atoms with Crippen LogP contribution in [0.5, 0.6) is 28.7 Å². The molecule has 2 spiro atoms. The molecule has 13 nitrogen and oxygen atoms in total. The Morgan fingerprint density at radius 1 is 1.16 bits per heavy atom. The van der Waals surface area contributed by atoms with Gasteiger partial charge in [0.05, 0.1) is 36.5 Å². The summed E-state index contributed by atoms with van der Waals surface area (Å²) in [5.41, 5.74) is 6.68. The van der Waals surface area contributed by atoms with Gasteiger partial charge in [-0.1, -0.05) is 24.6 Å². The number of carbonyl (C=O) groups is 2. The Labute approximate surface area is 327 Å². The van der Waals surface area contributed by atoms with Gasteiger partial charge in [-0.05, 0) is 68.9 Å². The first kappa shape index (κ1) is 35.5. The SMILES string of the molecule is CC[C@H]1c2c3c(c(C)c(OC(C)=O)c2[C@]2(OC(=O)[C@]4(CS2)NCCc2c4[nH]c4ccc(C)cc24)C2[C@H]4N[C@H](Cc5cc(C)c(OC)c(O)c54)[C@H](C#N)N21)OCO3. The number of aromatic hydroxyl groups is 1. The van der Waals surface area contributed by atoms with Crippen molar-refractivity contribution in [3.8, 4) is 34.8 Å². The molecule has 4 N–H and O–H groups in total. The fraction of sp³-hybridized carbons (Fsp3) is 0.452. The van der Waals surface area contributed by atoms with Gasteiger partial charge in [-0.2, -0.15) is 5.26 Å². The molecule has 2 fully saturated rings. The number of thioether (sulfide) groups is 1. The summed E-state index contributed by atoms with van der Waals surface area (Å²) in [6, 6.07) is 8.00. The molecule has 2 saturated heterocycles. The summed E-state index contributed by atoms with van der Waals surface area (Å²) in [6.45, 7) is 9.66. The van der Waals surface area contributed by atoms with Crippen LogP contribution in [-0.4, -0.2) is 71.3 Å². The van der Waals surface area contributed by atoms with Gasteiger partial charge in [0, 0.05) is 58.9 Å². The van der Waals surface area contributed by atoms with Crippen LogP contribution in [-0.2, 0) is 37.6 Å². The molecule has 0 aliphatic carbocycles. The number of aromatic amines is 1. The van der Waals surface area contributed by atoms with E-state index in [0.29, 0.717) is 58.9 Å². The number of rotatable bonds is 3. The monoisotopic (exact) mass is 777 g/mol. The zero-order valence-electron chi connectivity index (χ0n) is 32.0. The number of phenolic OH excluding ortho intramolecular Hbond substituents is 1. The first-order valence-electron chi connectivity index (χ1n) is 19.2. The van der Waals surface area contributed by atoms with Gasteiger partial charge >= 0.3 is 11.9 Å². The number of nitrogens with one attached hydrogen (secondary N) is 3. The van der Waals surface area contributed by atoms with Crippen LogP contribution in [0.3, 0.4) is 0 Å². The van der Waals surface area contributed by atoms with Crippen LogP contribution in [0.1, 0.15) is 82.6 Å². The second kappa shape index (κ2) is 12.3. The molecule has 0 radical (unpaired) electrons. The summed E-state index contributed by atoms with van der Waals surface area (Å²) in [5.74, 6) is 0.727. The van der Waals surface area contributed by atoms with Gasteiger partial charge in [0.1, 0.15) is 11.8 Å². The summed E-state index contributed by atoms with van der Waals surface area (Å²) in [6.07, 6.45) is 1.75. The lowest BCUT2D eigenvalue weighted by Gasteiger charge is -2.63. The van der Waals surface area contributed by atoms with Crippen LogP contribution < -0.4 is 29.6 Å². The summed E-state index contributed by atoms with van der Waals surface area (Å²) >= 11 is 1.44. The molecule has 56 heavy (non-hydrogen) atoms. The average molecular weight is 778 g/mol. The zero-order valence-corrected chi connectivity index (χ0v) is 32.9. The molecule has 0 amide bonds. The Hall–Kier alpha value is -4.94. The molecule has 6 aliphatic heterocycles. The van der Waals surface area contributed by atoms with Crippen molar-refractivity contribution in [2.75, 3.05) is 26.2 Å². The van der Waals surface area contributed by atoms with Crippen molar-refractivity contribution in [3.05, 3.63) is 74.5 Å². The first-order chi connectivity index (χ1) is 27.0. The van der Waals surface area contributed by atoms with Crippen LogP contribution in [0.2, 0.25) is 0 Å². The van der Waals surface area contributed by atoms with Crippen molar-refractivity contribution < 1.29 is 38.4 Å². The molecule has 6 aliphatic rings. The number of phenols is 1. The minimum atomic E-state index is -1.60. The normalized spacial score (nSPS) is 29.6. The lowest BCUT2D eigenvalue weighted by Crippen LogP contribution is -2.74. The maximum absolute atomic E-state index is 15.5. The van der Waals surface area contributed by atoms with Crippen LogP contribution in [0.4, 0.5) is 0 Å². The highest BCUT2D eigenvalue weighted by Gasteiger charge is 2.69. The molecule has 3 aromatic carbocycles. The van der Waals surface area contributed by atoms with E-state index in [2.05, 4.69) is 45.6 Å². The largest absolute Gasteiger partial charge is 0.504 e. The van der Waals surface area contributed by atoms with Gasteiger partial charge < -0.3 is 39.1 Å². The Morgan fingerprint density at radius 2 is 1.96 bits per heavy atom. The number of hydrogen-bond donors (Lipinski definition) is 4. The number of carbonyl (C=O) groups excluding carboxylic acids is 2. The highest BCUT2D eigenvalue weighted by Crippen LogP contribution is 2.67. The number of nitrogens with zero attached hydrogens (tertiary/aromatic N) is 2. The molecule has 14 heteroatoms. The van der Waals surface area contributed by atoms with E-state index in [1.165, 1.54) is 25.8 Å². The standard InChI is InChI=1S/C42H43N5O8S/c1-7-27-30-31(35(54-21(5)48)20(4)36-37(30)53-17-52-36)42(39-32-29-22(13-19(3)34(51-6)33(29)49)14-26(45-32)28(15-43)47(27)39)55-40(50)41(16-56-42)38-23(10-11-44-41)24-12-18(2)8-9-25(24)46-38/h8-9,12-13,26-28,32,39,44-46,49H,7,10-11,14,16-17H2,1-6H3/t26-,27+,28+,32+,39?,41-,42-/m1/s1. The highest BCUT2D eigenvalue weighted by molar-refractivity contribution is 8.00. The van der Waals surface area contributed by atoms with Gasteiger partial charge in [-0.25, -0.2) is 4.79 Å². The molecular weight excluding hydrogens is 735 g/mol. The molecule has 2 bridgehead atoms. The van der Waals surface area contributed by atoms with Crippen molar-refractivity contribution in [2.24, 2.45) is 0 Å². The highest BCUT2D eigenvalue weighted by atomic mass is 32.2. The number of aryl methyl sites for hydroxylation is 2. The lowest BCUT2D eigenvalue weighted by molar-refractivity contribution is -0.177. The maximum Gasteiger partial charge on any atom is 0.335 e. The Kier molecular flexibility index (Phi) is 7.78. The van der Waals surface area contributed by atoms with Gasteiger partial charge in [-0.3, -0.25) is 15.0 Å². The number of fused-ring (bicyclic) bond motifs is 15. The van der Waals surface area contributed by atoms with Crippen molar-refractivity contribution in [1.82, 2.24) is 20.5 Å². The van der Waals surface area contributed by atoms with Crippen LogP contribution in [0.25, 0.3) is 10.9 Å². The molecule has 1 unspecified atom stereocenters. The number of piperazine rings is 1. The number of nitriles is 1. The Morgan fingerprint density at radius 3 is 2.70 bits per heavy atom. The van der Waals surface area contributed by atoms with E-state index in [-0.39, 0.29) is 30.1 Å². The second-order valence-corrected chi connectivity index (χ2v) is 17.0. The third-order valence-corrected chi connectivity index (χ3v) is 14.4. The molecular formula is C42H43N5O8S. The number of H-pyrrole nitrogens is 1. The lowest BCUT2D eigenvalue weighted by atomic mass is 9.70. The number of esters is 2. The van der Waals surface area contributed by atoms with Crippen molar-refractivity contribution >= 4 is 34.6 Å². The average Bonchev–Trinajstić information content (AvgIpc) is 3.81. The Bertz CT molecular complexity index is 2460. The topological polar surface area (TPSA) is 167 Å². The second-order valence-electron chi connectivity index (χ2n) is 15.8. The molecule has 290 valence electrons. The third-order valence-electron chi connectivity index (χ3n) is 12.9. The third kappa shape index (κ3) is 4.48. The van der Waals surface area contributed by atoms with Crippen LogP contribution >= 0.6 is 11.8 Å². The van der Waals surface area contributed by atoms with E-state index >= 15 is 4.79 Å². The molecule has 10 rings (SSSR count). The summed E-state index contributed by atoms with van der Waals surface area (Å²) < 4.78 is 31.4. The van der Waals surface area contributed by atoms with Gasteiger partial charge in [0.25, 0.3) is 0 Å². The molecule has 0 saturated carbocycles. The number of ether oxygens (including phenoxy) is 5. The van der Waals surface area contributed by atoms with E-state index in [4.69, 9.17) is 23.7 Å². The zero-order chi connectivity index (χ0) is 39.0.